The summed E-state index contributed by atoms with van der Waals surface area (Å²) in [5.41, 5.74) is 5.76. The highest BCUT2D eigenvalue weighted by molar-refractivity contribution is 14.1. The van der Waals surface area contributed by atoms with E-state index in [2.05, 4.69) is 4.98 Å². The van der Waals surface area contributed by atoms with Gasteiger partial charge in [-0.15, -0.1) is 0 Å². The summed E-state index contributed by atoms with van der Waals surface area (Å²) in [6.45, 7) is 0. The molecule has 0 amide bonds. The van der Waals surface area contributed by atoms with Crippen molar-refractivity contribution < 1.29 is 13.2 Å². The molecule has 1 aromatic heterocycles. The number of rotatable bonds is 2. The van der Waals surface area contributed by atoms with Crippen molar-refractivity contribution in [1.82, 2.24) is 4.98 Å². The smallest absolute Gasteiger partial charge is 0.363 e. The van der Waals surface area contributed by atoms with Crippen LogP contribution >= 0.6 is 22.6 Å². The molecule has 0 radical (unpaired) electrons. The van der Waals surface area contributed by atoms with Gasteiger partial charge in [0.15, 0.2) is 0 Å². The molecule has 0 fully saturated rings. The van der Waals surface area contributed by atoms with Crippen LogP contribution in [0.15, 0.2) is 12.3 Å². The second kappa shape index (κ2) is 3.87. The molecule has 6 heteroatoms. The van der Waals surface area contributed by atoms with Gasteiger partial charge in [-0.1, -0.05) is 0 Å². The van der Waals surface area contributed by atoms with Crippen LogP contribution in [0.5, 0.6) is 0 Å². The summed E-state index contributed by atoms with van der Waals surface area (Å²) in [4.78, 5) is 2.70. The first kappa shape index (κ1) is 10.8. The van der Waals surface area contributed by atoms with E-state index in [1.807, 2.05) is 22.6 Å². The Kier molecular flexibility index (Phi) is 3.23. The molecule has 0 unspecified atom stereocenters. The first-order valence-corrected chi connectivity index (χ1v) is 4.62. The van der Waals surface area contributed by atoms with Gasteiger partial charge in [-0.25, -0.2) is 0 Å². The van der Waals surface area contributed by atoms with Gasteiger partial charge in [0, 0.05) is 15.5 Å². The van der Waals surface area contributed by atoms with Crippen LogP contribution < -0.4 is 5.73 Å². The number of H-pyrrole nitrogens is 1. The van der Waals surface area contributed by atoms with Gasteiger partial charge < -0.3 is 10.7 Å². The van der Waals surface area contributed by atoms with E-state index >= 15 is 0 Å². The minimum absolute atomic E-state index is 0.418. The van der Waals surface area contributed by atoms with E-state index in [9.17, 15) is 13.2 Å². The molecule has 0 bridgehead atoms. The monoisotopic (exact) mass is 304 g/mol. The first-order valence-electron chi connectivity index (χ1n) is 3.54. The maximum Gasteiger partial charge on any atom is 0.390 e. The van der Waals surface area contributed by atoms with Crippen LogP contribution in [-0.2, 0) is 0 Å². The number of nitrogens with one attached hydrogen (secondary N) is 1. The van der Waals surface area contributed by atoms with E-state index in [1.165, 1.54) is 0 Å². The molecule has 0 spiro atoms. The molecule has 1 rings (SSSR count). The molecule has 74 valence electrons. The van der Waals surface area contributed by atoms with Crippen molar-refractivity contribution in [2.24, 2.45) is 5.73 Å². The molecule has 0 aromatic carbocycles. The quantitative estimate of drug-likeness (QED) is 0.810. The fraction of sp³-hybridized carbons (Fsp3) is 0.429. The van der Waals surface area contributed by atoms with Gasteiger partial charge in [-0.05, 0) is 28.7 Å². The number of hydrogen-bond acceptors (Lipinski definition) is 1. The first-order chi connectivity index (χ1) is 5.88. The molecule has 1 heterocycles. The number of alkyl halides is 3. The Morgan fingerprint density at radius 1 is 1.54 bits per heavy atom. The zero-order chi connectivity index (χ0) is 10.1. The van der Waals surface area contributed by atoms with Crippen LogP contribution in [0.1, 0.15) is 18.2 Å². The third kappa shape index (κ3) is 3.55. The number of nitrogens with two attached hydrogens (primary N) is 1. The van der Waals surface area contributed by atoms with Crippen LogP contribution in [0.2, 0.25) is 0 Å². The molecule has 0 aliphatic carbocycles. The van der Waals surface area contributed by atoms with Gasteiger partial charge >= 0.3 is 6.18 Å². The van der Waals surface area contributed by atoms with E-state index in [0.717, 1.165) is 3.57 Å². The Morgan fingerprint density at radius 2 is 2.15 bits per heavy atom. The predicted octanol–water partition coefficient (Wildman–Crippen LogP) is 2.57. The van der Waals surface area contributed by atoms with Crippen molar-refractivity contribution in [1.29, 1.82) is 0 Å². The van der Waals surface area contributed by atoms with Crippen LogP contribution in [0, 0.1) is 3.57 Å². The van der Waals surface area contributed by atoms with Gasteiger partial charge in [0.05, 0.1) is 12.5 Å². The lowest BCUT2D eigenvalue weighted by atomic mass is 10.1. The highest BCUT2D eigenvalue weighted by atomic mass is 127. The summed E-state index contributed by atoms with van der Waals surface area (Å²) in [5, 5.41) is 0. The van der Waals surface area contributed by atoms with Crippen molar-refractivity contribution >= 4 is 22.6 Å². The Bertz CT molecular complexity index is 282. The second-order valence-electron chi connectivity index (χ2n) is 2.70. The normalized spacial score (nSPS) is 14.5. The van der Waals surface area contributed by atoms with Crippen molar-refractivity contribution in [2.45, 2.75) is 18.6 Å². The molecule has 1 atom stereocenters. The largest absolute Gasteiger partial charge is 0.390 e. The summed E-state index contributed by atoms with van der Waals surface area (Å²) in [6, 6.07) is 0.611. The SMILES string of the molecule is N[C@H](CC(F)(F)F)c1cc(I)c[nH]1. The lowest BCUT2D eigenvalue weighted by molar-refractivity contribution is -0.138. The van der Waals surface area contributed by atoms with Gasteiger partial charge in [-0.2, -0.15) is 13.2 Å². The zero-order valence-electron chi connectivity index (χ0n) is 6.53. The summed E-state index contributed by atoms with van der Waals surface area (Å²) in [7, 11) is 0. The average molecular weight is 304 g/mol. The third-order valence-corrected chi connectivity index (χ3v) is 2.14. The fourth-order valence-corrected chi connectivity index (χ4v) is 1.45. The Morgan fingerprint density at radius 3 is 2.54 bits per heavy atom. The summed E-state index contributed by atoms with van der Waals surface area (Å²) < 4.78 is 36.6. The molecule has 0 aliphatic rings. The molecule has 13 heavy (non-hydrogen) atoms. The highest BCUT2D eigenvalue weighted by Crippen LogP contribution is 2.27. The van der Waals surface area contributed by atoms with Crippen LogP contribution in [0.25, 0.3) is 0 Å². The third-order valence-electron chi connectivity index (χ3n) is 1.52. The molecule has 3 N–H and O–H groups in total. The summed E-state index contributed by atoms with van der Waals surface area (Å²) in [5.74, 6) is 0. The summed E-state index contributed by atoms with van der Waals surface area (Å²) in [6.07, 6.45) is -3.59. The fourth-order valence-electron chi connectivity index (χ4n) is 0.958. The Hall–Kier alpha value is -0.240. The molecule has 0 aliphatic heterocycles. The van der Waals surface area contributed by atoms with Crippen LogP contribution in [0.4, 0.5) is 13.2 Å². The maximum atomic E-state index is 11.9. The number of hydrogen-bond donors (Lipinski definition) is 2. The van der Waals surface area contributed by atoms with Crippen molar-refractivity contribution in [3.05, 3.63) is 21.5 Å². The molecular weight excluding hydrogens is 296 g/mol. The number of aromatic amines is 1. The van der Waals surface area contributed by atoms with E-state index < -0.39 is 18.6 Å². The van der Waals surface area contributed by atoms with E-state index in [0.29, 0.717) is 5.69 Å². The van der Waals surface area contributed by atoms with Crippen LogP contribution in [-0.4, -0.2) is 11.2 Å². The Balaban J connectivity index is 2.64. The Labute approximate surface area is 86.8 Å². The van der Waals surface area contributed by atoms with E-state index in [1.54, 1.807) is 12.3 Å². The number of halogens is 4. The predicted molar refractivity (Wildman–Crippen MR) is 51.1 cm³/mol. The molecule has 1 aromatic rings. The number of aromatic nitrogens is 1. The topological polar surface area (TPSA) is 41.8 Å². The lowest BCUT2D eigenvalue weighted by Crippen LogP contribution is -2.20. The van der Waals surface area contributed by atoms with Crippen LogP contribution in [0.3, 0.4) is 0 Å². The van der Waals surface area contributed by atoms with Gasteiger partial charge in [0.25, 0.3) is 0 Å². The minimum atomic E-state index is -4.21. The molecular formula is C7H8F3IN2. The lowest BCUT2D eigenvalue weighted by Gasteiger charge is -2.12. The van der Waals surface area contributed by atoms with Crippen molar-refractivity contribution in [3.8, 4) is 0 Å². The highest BCUT2D eigenvalue weighted by Gasteiger charge is 2.31. The van der Waals surface area contributed by atoms with Gasteiger partial charge in [0.2, 0.25) is 0 Å². The molecule has 0 saturated heterocycles. The summed E-state index contributed by atoms with van der Waals surface area (Å²) >= 11 is 2.00. The van der Waals surface area contributed by atoms with E-state index in [-0.39, 0.29) is 0 Å². The molecule has 2 nitrogen and oxygen atoms in total. The standard InChI is InChI=1S/C7H8F3IN2/c8-7(9,10)2-5(12)6-1-4(11)3-13-6/h1,3,5,13H,2,12H2/t5-/m1/s1. The van der Waals surface area contributed by atoms with Gasteiger partial charge in [0.1, 0.15) is 0 Å². The second-order valence-corrected chi connectivity index (χ2v) is 3.94. The molecule has 0 saturated carbocycles. The minimum Gasteiger partial charge on any atom is -0.363 e. The van der Waals surface area contributed by atoms with Crippen molar-refractivity contribution in [3.63, 3.8) is 0 Å². The average Bonchev–Trinajstić information content (AvgIpc) is 2.31. The maximum absolute atomic E-state index is 11.9. The zero-order valence-corrected chi connectivity index (χ0v) is 8.69. The van der Waals surface area contributed by atoms with Crippen molar-refractivity contribution in [2.75, 3.05) is 0 Å². The van der Waals surface area contributed by atoms with E-state index in [4.69, 9.17) is 5.73 Å². The van der Waals surface area contributed by atoms with Gasteiger partial charge in [-0.3, -0.25) is 0 Å².